The molecule has 4 heterocycles. The van der Waals surface area contributed by atoms with E-state index in [4.69, 9.17) is 0 Å². The predicted octanol–water partition coefficient (Wildman–Crippen LogP) is 2.21. The number of pyridine rings is 1. The van der Waals surface area contributed by atoms with Crippen LogP contribution < -0.4 is 16.3 Å². The molecule has 8 nitrogen and oxygen atoms in total. The van der Waals surface area contributed by atoms with Gasteiger partial charge in [-0.05, 0) is 30.7 Å². The van der Waals surface area contributed by atoms with Crippen LogP contribution in [-0.4, -0.2) is 43.3 Å². The van der Waals surface area contributed by atoms with Crippen molar-refractivity contribution < 1.29 is 4.39 Å². The molecule has 0 saturated carbocycles. The summed E-state index contributed by atoms with van der Waals surface area (Å²) in [5.74, 6) is 0.351. The van der Waals surface area contributed by atoms with E-state index in [0.717, 1.165) is 22.2 Å². The Bertz CT molecular complexity index is 1300. The van der Waals surface area contributed by atoms with Gasteiger partial charge in [0, 0.05) is 37.4 Å². The minimum absolute atomic E-state index is 0.230. The first-order valence-corrected chi connectivity index (χ1v) is 9.44. The number of nitrogens with one attached hydrogen (secondary N) is 2. The summed E-state index contributed by atoms with van der Waals surface area (Å²) in [4.78, 5) is 26.0. The molecule has 9 heteroatoms. The van der Waals surface area contributed by atoms with Gasteiger partial charge in [-0.25, -0.2) is 14.2 Å². The SMILES string of the molecule is Cc1cc2ncccc2cc1Nc1ncc2c(n1)n([C@@H]1CNC[C@@H]1F)c(=O)n2C. The Labute approximate surface area is 165 Å². The maximum absolute atomic E-state index is 14.3. The molecule has 4 aromatic rings. The smallest absolute Gasteiger partial charge is 0.324 e. The van der Waals surface area contributed by atoms with Crippen LogP contribution in [0, 0.1) is 6.92 Å². The van der Waals surface area contributed by atoms with Gasteiger partial charge in [-0.1, -0.05) is 6.07 Å². The van der Waals surface area contributed by atoms with Crippen LogP contribution in [0.15, 0.2) is 41.5 Å². The average molecular weight is 393 g/mol. The van der Waals surface area contributed by atoms with E-state index in [1.807, 2.05) is 31.2 Å². The lowest BCUT2D eigenvalue weighted by molar-refractivity contribution is 0.282. The molecule has 1 aliphatic rings. The third kappa shape index (κ3) is 2.85. The molecule has 1 aliphatic heterocycles. The number of halogens is 1. The number of nitrogens with zero attached hydrogens (tertiary/aromatic N) is 5. The molecule has 0 aliphatic carbocycles. The molecule has 3 aromatic heterocycles. The summed E-state index contributed by atoms with van der Waals surface area (Å²) in [6.07, 6.45) is 2.21. The number of aromatic nitrogens is 5. The zero-order chi connectivity index (χ0) is 20.1. The lowest BCUT2D eigenvalue weighted by atomic mass is 10.1. The van der Waals surface area contributed by atoms with Crippen LogP contribution in [0.25, 0.3) is 22.1 Å². The van der Waals surface area contributed by atoms with E-state index in [2.05, 4.69) is 25.6 Å². The molecular weight excluding hydrogens is 373 g/mol. The van der Waals surface area contributed by atoms with Gasteiger partial charge in [0.2, 0.25) is 5.95 Å². The third-order valence-electron chi connectivity index (χ3n) is 5.47. The van der Waals surface area contributed by atoms with E-state index >= 15 is 0 Å². The summed E-state index contributed by atoms with van der Waals surface area (Å²) in [6, 6.07) is 7.27. The van der Waals surface area contributed by atoms with Crippen LogP contribution in [0.4, 0.5) is 16.0 Å². The number of imidazole rings is 1. The Morgan fingerprint density at radius 3 is 2.93 bits per heavy atom. The number of aryl methyl sites for hydroxylation is 2. The summed E-state index contributed by atoms with van der Waals surface area (Å²) in [5.41, 5.74) is 3.45. The highest BCUT2D eigenvalue weighted by Crippen LogP contribution is 2.26. The van der Waals surface area contributed by atoms with Crippen molar-refractivity contribution in [2.45, 2.75) is 19.1 Å². The van der Waals surface area contributed by atoms with E-state index in [1.54, 1.807) is 19.4 Å². The Morgan fingerprint density at radius 1 is 1.28 bits per heavy atom. The van der Waals surface area contributed by atoms with Crippen LogP contribution in [-0.2, 0) is 7.05 Å². The number of alkyl halides is 1. The molecule has 0 radical (unpaired) electrons. The summed E-state index contributed by atoms with van der Waals surface area (Å²) < 4.78 is 17.2. The number of rotatable bonds is 3. The van der Waals surface area contributed by atoms with E-state index in [9.17, 15) is 9.18 Å². The Balaban J connectivity index is 1.60. The Kier molecular flexibility index (Phi) is 4.06. The minimum atomic E-state index is -1.14. The van der Waals surface area contributed by atoms with Gasteiger partial charge in [-0.3, -0.25) is 14.1 Å². The predicted molar refractivity (Wildman–Crippen MR) is 109 cm³/mol. The van der Waals surface area contributed by atoms with Crippen molar-refractivity contribution >= 4 is 33.7 Å². The number of anilines is 2. The van der Waals surface area contributed by atoms with Gasteiger partial charge in [-0.15, -0.1) is 0 Å². The lowest BCUT2D eigenvalue weighted by Gasteiger charge is -2.14. The molecule has 2 N–H and O–H groups in total. The van der Waals surface area contributed by atoms with E-state index in [1.165, 1.54) is 9.13 Å². The zero-order valence-electron chi connectivity index (χ0n) is 16.1. The summed E-state index contributed by atoms with van der Waals surface area (Å²) in [7, 11) is 1.65. The van der Waals surface area contributed by atoms with Crippen molar-refractivity contribution in [3.05, 3.63) is 52.7 Å². The third-order valence-corrected chi connectivity index (χ3v) is 5.47. The number of hydrogen-bond acceptors (Lipinski definition) is 6. The molecule has 0 unspecified atom stereocenters. The molecule has 5 rings (SSSR count). The minimum Gasteiger partial charge on any atom is -0.324 e. The molecule has 1 fully saturated rings. The largest absolute Gasteiger partial charge is 0.330 e. The second-order valence-corrected chi connectivity index (χ2v) is 7.34. The number of benzene rings is 1. The van der Waals surface area contributed by atoms with Gasteiger partial charge < -0.3 is 10.6 Å². The van der Waals surface area contributed by atoms with Crippen LogP contribution >= 0.6 is 0 Å². The highest BCUT2D eigenvalue weighted by Gasteiger charge is 2.32. The molecular formula is C20H20FN7O. The highest BCUT2D eigenvalue weighted by atomic mass is 19.1. The zero-order valence-corrected chi connectivity index (χ0v) is 16.1. The van der Waals surface area contributed by atoms with E-state index in [-0.39, 0.29) is 12.2 Å². The fraction of sp³-hybridized carbons (Fsp3) is 0.300. The van der Waals surface area contributed by atoms with Gasteiger partial charge >= 0.3 is 5.69 Å². The summed E-state index contributed by atoms with van der Waals surface area (Å²) in [5, 5.41) is 7.22. The quantitative estimate of drug-likeness (QED) is 0.555. The van der Waals surface area contributed by atoms with Crippen molar-refractivity contribution in [2.75, 3.05) is 18.4 Å². The monoisotopic (exact) mass is 393 g/mol. The second kappa shape index (κ2) is 6.63. The second-order valence-electron chi connectivity index (χ2n) is 7.34. The number of fused-ring (bicyclic) bond motifs is 2. The van der Waals surface area contributed by atoms with Crippen molar-refractivity contribution in [3.8, 4) is 0 Å². The summed E-state index contributed by atoms with van der Waals surface area (Å²) in [6.45, 7) is 2.60. The molecule has 0 amide bonds. The Morgan fingerprint density at radius 2 is 2.14 bits per heavy atom. The van der Waals surface area contributed by atoms with Crippen molar-refractivity contribution in [1.29, 1.82) is 0 Å². The van der Waals surface area contributed by atoms with E-state index in [0.29, 0.717) is 23.7 Å². The van der Waals surface area contributed by atoms with E-state index < -0.39 is 12.2 Å². The summed E-state index contributed by atoms with van der Waals surface area (Å²) >= 11 is 0. The Hall–Kier alpha value is -3.33. The maximum Gasteiger partial charge on any atom is 0.330 e. The van der Waals surface area contributed by atoms with Crippen LogP contribution in [0.2, 0.25) is 0 Å². The molecule has 0 spiro atoms. The van der Waals surface area contributed by atoms with Gasteiger partial charge in [0.1, 0.15) is 11.7 Å². The normalized spacial score (nSPS) is 19.3. The van der Waals surface area contributed by atoms with Crippen LogP contribution in [0.5, 0.6) is 0 Å². The van der Waals surface area contributed by atoms with Gasteiger partial charge in [0.05, 0.1) is 17.8 Å². The first-order valence-electron chi connectivity index (χ1n) is 9.44. The first kappa shape index (κ1) is 17.7. The molecule has 2 atom stereocenters. The van der Waals surface area contributed by atoms with Crippen molar-refractivity contribution in [3.63, 3.8) is 0 Å². The highest BCUT2D eigenvalue weighted by molar-refractivity contribution is 5.85. The van der Waals surface area contributed by atoms with Crippen LogP contribution in [0.1, 0.15) is 11.6 Å². The number of hydrogen-bond donors (Lipinski definition) is 2. The maximum atomic E-state index is 14.3. The van der Waals surface area contributed by atoms with Crippen molar-refractivity contribution in [2.24, 2.45) is 7.05 Å². The van der Waals surface area contributed by atoms with Crippen LogP contribution in [0.3, 0.4) is 0 Å². The lowest BCUT2D eigenvalue weighted by Crippen LogP contribution is -2.30. The molecule has 29 heavy (non-hydrogen) atoms. The van der Waals surface area contributed by atoms with Gasteiger partial charge in [0.15, 0.2) is 5.65 Å². The first-order chi connectivity index (χ1) is 14.0. The topological polar surface area (TPSA) is 89.7 Å². The molecule has 1 aromatic carbocycles. The fourth-order valence-corrected chi connectivity index (χ4v) is 3.86. The standard InChI is InChI=1S/C20H20FN7O/c1-11-6-15-12(4-3-5-23-15)7-14(11)25-19-24-10-17-18(26-19)28(20(29)27(17)2)16-9-22-8-13(16)21/h3-7,10,13,16,22H,8-9H2,1-2H3,(H,24,25,26)/t13-,16+/m0/s1. The van der Waals surface area contributed by atoms with Crippen molar-refractivity contribution in [1.82, 2.24) is 29.4 Å². The average Bonchev–Trinajstić information content (AvgIpc) is 3.23. The fourth-order valence-electron chi connectivity index (χ4n) is 3.86. The molecule has 1 saturated heterocycles. The van der Waals surface area contributed by atoms with Gasteiger partial charge in [0.25, 0.3) is 0 Å². The van der Waals surface area contributed by atoms with Gasteiger partial charge in [-0.2, -0.15) is 4.98 Å². The molecule has 148 valence electrons. The molecule has 0 bridgehead atoms.